The molecule has 1 N–H and O–H groups in total. The van der Waals surface area contributed by atoms with Crippen LogP contribution in [0.4, 0.5) is 10.1 Å². The molecule has 0 amide bonds. The van der Waals surface area contributed by atoms with Gasteiger partial charge in [-0.15, -0.1) is 0 Å². The van der Waals surface area contributed by atoms with Gasteiger partial charge in [0.2, 0.25) is 5.82 Å². The molecule has 1 rings (SSSR count). The standard InChI is InChI=1S/C9H7FN4O4/c10-6-2-1-5(3-8(6)14(17)18)7(12-13-11)4-9(15)16/h1-3,7H,4H2,(H,15,16). The minimum Gasteiger partial charge on any atom is -0.481 e. The van der Waals surface area contributed by atoms with E-state index in [0.717, 1.165) is 18.2 Å². The summed E-state index contributed by atoms with van der Waals surface area (Å²) in [5, 5.41) is 22.4. The minimum atomic E-state index is -1.24. The van der Waals surface area contributed by atoms with Gasteiger partial charge in [0.1, 0.15) is 0 Å². The molecule has 1 aromatic carbocycles. The van der Waals surface area contributed by atoms with Crippen LogP contribution in [0.2, 0.25) is 0 Å². The summed E-state index contributed by atoms with van der Waals surface area (Å²) in [7, 11) is 0. The normalized spacial score (nSPS) is 11.4. The third kappa shape index (κ3) is 3.16. The van der Waals surface area contributed by atoms with Crippen LogP contribution in [0.1, 0.15) is 18.0 Å². The van der Waals surface area contributed by atoms with Crippen LogP contribution in [0.5, 0.6) is 0 Å². The first-order valence-electron chi connectivity index (χ1n) is 4.65. The summed E-state index contributed by atoms with van der Waals surface area (Å²) in [6.07, 6.45) is -0.535. The van der Waals surface area contributed by atoms with Crippen LogP contribution < -0.4 is 0 Å². The van der Waals surface area contributed by atoms with Crippen molar-refractivity contribution < 1.29 is 19.2 Å². The quantitative estimate of drug-likeness (QED) is 0.284. The Bertz CT molecular complexity index is 541. The first-order valence-corrected chi connectivity index (χ1v) is 4.65. The average molecular weight is 254 g/mol. The largest absolute Gasteiger partial charge is 0.481 e. The summed E-state index contributed by atoms with van der Waals surface area (Å²) < 4.78 is 13.1. The highest BCUT2D eigenvalue weighted by Crippen LogP contribution is 2.27. The molecule has 0 bridgehead atoms. The van der Waals surface area contributed by atoms with Crippen molar-refractivity contribution in [3.8, 4) is 0 Å². The van der Waals surface area contributed by atoms with E-state index in [9.17, 15) is 19.3 Å². The van der Waals surface area contributed by atoms with Gasteiger partial charge in [0.15, 0.2) is 0 Å². The van der Waals surface area contributed by atoms with Crippen LogP contribution in [0.3, 0.4) is 0 Å². The van der Waals surface area contributed by atoms with E-state index >= 15 is 0 Å². The van der Waals surface area contributed by atoms with Gasteiger partial charge in [0.25, 0.3) is 0 Å². The minimum absolute atomic E-state index is 0.0725. The Morgan fingerprint density at radius 3 is 2.83 bits per heavy atom. The first kappa shape index (κ1) is 13.4. The van der Waals surface area contributed by atoms with E-state index in [-0.39, 0.29) is 5.56 Å². The number of nitro benzene ring substituents is 1. The summed E-state index contributed by atoms with van der Waals surface area (Å²) in [6.45, 7) is 0. The molecule has 0 aromatic heterocycles. The Kier molecular flexibility index (Phi) is 4.16. The zero-order chi connectivity index (χ0) is 13.7. The van der Waals surface area contributed by atoms with Crippen LogP contribution in [0, 0.1) is 15.9 Å². The molecule has 9 heteroatoms. The van der Waals surface area contributed by atoms with Crippen molar-refractivity contribution in [3.63, 3.8) is 0 Å². The van der Waals surface area contributed by atoms with Crippen LogP contribution in [-0.2, 0) is 4.79 Å². The van der Waals surface area contributed by atoms with Gasteiger partial charge in [-0.1, -0.05) is 11.2 Å². The van der Waals surface area contributed by atoms with Crippen molar-refractivity contribution in [1.29, 1.82) is 0 Å². The number of hydrogen-bond donors (Lipinski definition) is 1. The molecule has 0 radical (unpaired) electrons. The lowest BCUT2D eigenvalue weighted by molar-refractivity contribution is -0.387. The number of benzene rings is 1. The Hall–Kier alpha value is -2.67. The number of carboxylic acids is 1. The van der Waals surface area contributed by atoms with Gasteiger partial charge >= 0.3 is 11.7 Å². The number of nitrogens with zero attached hydrogens (tertiary/aromatic N) is 4. The smallest absolute Gasteiger partial charge is 0.305 e. The molecule has 0 aliphatic carbocycles. The highest BCUT2D eigenvalue weighted by atomic mass is 19.1. The molecule has 1 atom stereocenters. The number of nitro groups is 1. The SMILES string of the molecule is [N-]=[N+]=NC(CC(=O)O)c1ccc(F)c([N+](=O)[O-])c1. The Balaban J connectivity index is 3.20. The van der Waals surface area contributed by atoms with Crippen LogP contribution in [0.15, 0.2) is 23.3 Å². The average Bonchev–Trinajstić information content (AvgIpc) is 2.28. The predicted octanol–water partition coefficient (Wildman–Crippen LogP) is 2.56. The number of halogens is 1. The first-order chi connectivity index (χ1) is 8.45. The second-order valence-electron chi connectivity index (χ2n) is 3.29. The second kappa shape index (κ2) is 5.60. The molecule has 1 unspecified atom stereocenters. The fourth-order valence-electron chi connectivity index (χ4n) is 1.33. The number of azide groups is 1. The summed E-state index contributed by atoms with van der Waals surface area (Å²) in [6, 6.07) is 1.71. The third-order valence-corrected chi connectivity index (χ3v) is 2.11. The summed E-state index contributed by atoms with van der Waals surface area (Å²) in [4.78, 5) is 22.6. The number of hydrogen-bond acceptors (Lipinski definition) is 4. The zero-order valence-electron chi connectivity index (χ0n) is 8.86. The summed E-state index contributed by atoms with van der Waals surface area (Å²) in [5.41, 5.74) is 7.58. The van der Waals surface area contributed by atoms with Gasteiger partial charge in [-0.05, 0) is 17.2 Å². The van der Waals surface area contributed by atoms with Crippen molar-refractivity contribution in [2.75, 3.05) is 0 Å². The van der Waals surface area contributed by atoms with Crippen molar-refractivity contribution in [3.05, 3.63) is 50.1 Å². The van der Waals surface area contributed by atoms with E-state index in [4.69, 9.17) is 10.6 Å². The maximum absolute atomic E-state index is 13.1. The van der Waals surface area contributed by atoms with E-state index in [0.29, 0.717) is 0 Å². The molecule has 0 fully saturated rings. The molecule has 0 saturated carbocycles. The van der Waals surface area contributed by atoms with Gasteiger partial charge < -0.3 is 5.11 Å². The topological polar surface area (TPSA) is 129 Å². The van der Waals surface area contributed by atoms with Crippen LogP contribution >= 0.6 is 0 Å². The van der Waals surface area contributed by atoms with E-state index < -0.39 is 34.9 Å². The number of rotatable bonds is 5. The molecular formula is C9H7FN4O4. The third-order valence-electron chi connectivity index (χ3n) is 2.11. The van der Waals surface area contributed by atoms with Crippen molar-refractivity contribution in [2.24, 2.45) is 5.11 Å². The highest BCUT2D eigenvalue weighted by Gasteiger charge is 2.20. The summed E-state index contributed by atoms with van der Waals surface area (Å²) in [5.74, 6) is -2.28. The molecule has 0 aliphatic rings. The van der Waals surface area contributed by atoms with Crippen molar-refractivity contribution in [1.82, 2.24) is 0 Å². The monoisotopic (exact) mass is 254 g/mol. The predicted molar refractivity (Wildman–Crippen MR) is 57.2 cm³/mol. The molecule has 0 saturated heterocycles. The molecule has 8 nitrogen and oxygen atoms in total. The van der Waals surface area contributed by atoms with Gasteiger partial charge in [0.05, 0.1) is 17.4 Å². The van der Waals surface area contributed by atoms with Gasteiger partial charge in [-0.2, -0.15) is 4.39 Å². The van der Waals surface area contributed by atoms with Crippen LogP contribution in [-0.4, -0.2) is 16.0 Å². The van der Waals surface area contributed by atoms with Gasteiger partial charge in [-0.25, -0.2) is 0 Å². The lowest BCUT2D eigenvalue weighted by atomic mass is 10.0. The lowest BCUT2D eigenvalue weighted by Crippen LogP contribution is -2.04. The van der Waals surface area contributed by atoms with E-state index in [2.05, 4.69) is 10.0 Å². The molecule has 18 heavy (non-hydrogen) atoms. The number of carbonyl (C=O) groups is 1. The zero-order valence-corrected chi connectivity index (χ0v) is 8.86. The molecule has 0 aliphatic heterocycles. The van der Waals surface area contributed by atoms with E-state index in [1.807, 2.05) is 0 Å². The molecular weight excluding hydrogens is 247 g/mol. The van der Waals surface area contributed by atoms with E-state index in [1.54, 1.807) is 0 Å². The Labute approximate surface area is 99.4 Å². The second-order valence-corrected chi connectivity index (χ2v) is 3.29. The van der Waals surface area contributed by atoms with Crippen LogP contribution in [0.25, 0.3) is 10.4 Å². The number of aliphatic carboxylic acids is 1. The van der Waals surface area contributed by atoms with Gasteiger partial charge in [-0.3, -0.25) is 14.9 Å². The molecule has 94 valence electrons. The molecule has 0 spiro atoms. The fourth-order valence-corrected chi connectivity index (χ4v) is 1.33. The number of carboxylic acid groups (broad SMARTS) is 1. The molecule has 0 heterocycles. The fraction of sp³-hybridized carbons (Fsp3) is 0.222. The lowest BCUT2D eigenvalue weighted by Gasteiger charge is -2.08. The molecule has 1 aromatic rings. The van der Waals surface area contributed by atoms with E-state index in [1.165, 1.54) is 0 Å². The maximum Gasteiger partial charge on any atom is 0.305 e. The summed E-state index contributed by atoms with van der Waals surface area (Å²) >= 11 is 0. The van der Waals surface area contributed by atoms with Gasteiger partial charge in [0, 0.05) is 11.0 Å². The van der Waals surface area contributed by atoms with Crippen molar-refractivity contribution >= 4 is 11.7 Å². The Morgan fingerprint density at radius 2 is 2.33 bits per heavy atom. The van der Waals surface area contributed by atoms with Crippen molar-refractivity contribution in [2.45, 2.75) is 12.5 Å². The highest BCUT2D eigenvalue weighted by molar-refractivity contribution is 5.68. The Morgan fingerprint density at radius 1 is 1.67 bits per heavy atom. The maximum atomic E-state index is 13.1.